The molecule has 0 spiro atoms. The second-order valence-electron chi connectivity index (χ2n) is 12.5. The number of benzene rings is 3. The fourth-order valence-corrected chi connectivity index (χ4v) is 5.65. The first kappa shape index (κ1) is 30.3. The number of amides is 1. The Bertz CT molecular complexity index is 1560. The minimum absolute atomic E-state index is 0.00253. The van der Waals surface area contributed by atoms with Crippen LogP contribution in [0.25, 0.3) is 22.2 Å². The number of nitrogens with zero attached hydrogens (tertiary/aromatic N) is 2. The average molecular weight is 582 g/mol. The third-order valence-electron chi connectivity index (χ3n) is 7.81. The number of fused-ring (bicyclic) bond motifs is 1. The fourth-order valence-electron chi connectivity index (χ4n) is 5.65. The minimum Gasteiger partial charge on any atom is -0.456 e. The maximum absolute atomic E-state index is 12.9. The molecule has 1 fully saturated rings. The van der Waals surface area contributed by atoms with Crippen LogP contribution in [0.2, 0.25) is 0 Å². The van der Waals surface area contributed by atoms with Gasteiger partial charge in [-0.2, -0.15) is 0 Å². The van der Waals surface area contributed by atoms with E-state index in [1.54, 1.807) is 0 Å². The zero-order chi connectivity index (χ0) is 30.4. The van der Waals surface area contributed by atoms with Gasteiger partial charge in [0.15, 0.2) is 0 Å². The smallest absolute Gasteiger partial charge is 0.411 e. The van der Waals surface area contributed by atoms with Crippen molar-refractivity contribution < 1.29 is 19.1 Å². The van der Waals surface area contributed by atoms with E-state index < -0.39 is 11.7 Å². The summed E-state index contributed by atoms with van der Waals surface area (Å²) >= 11 is 0. The highest BCUT2D eigenvalue weighted by atomic mass is 16.6. The summed E-state index contributed by atoms with van der Waals surface area (Å²) in [6, 6.07) is 21.7. The van der Waals surface area contributed by atoms with Gasteiger partial charge in [0.2, 0.25) is 0 Å². The zero-order valence-corrected chi connectivity index (χ0v) is 25.8. The van der Waals surface area contributed by atoms with E-state index in [9.17, 15) is 9.59 Å². The lowest BCUT2D eigenvalue weighted by Gasteiger charge is -2.21. The summed E-state index contributed by atoms with van der Waals surface area (Å²) in [4.78, 5) is 30.5. The number of nitrogens with one attached hydrogen (secondary N) is 1. The van der Waals surface area contributed by atoms with Crippen LogP contribution in [0.1, 0.15) is 94.4 Å². The highest BCUT2D eigenvalue weighted by molar-refractivity contribution is 5.97. The minimum atomic E-state index is -0.567. The Balaban J connectivity index is 1.38. The molecule has 1 amide bonds. The molecule has 1 heterocycles. The van der Waals surface area contributed by atoms with Crippen LogP contribution in [-0.4, -0.2) is 33.3 Å². The molecule has 7 heteroatoms. The van der Waals surface area contributed by atoms with Crippen LogP contribution in [0.15, 0.2) is 66.7 Å². The molecule has 7 nitrogen and oxygen atoms in total. The molecule has 1 aliphatic rings. The number of anilines is 1. The number of rotatable bonds is 9. The molecule has 1 aliphatic carbocycles. The van der Waals surface area contributed by atoms with Gasteiger partial charge in [-0.3, -0.25) is 5.32 Å². The Kier molecular flexibility index (Phi) is 9.49. The molecular formula is C36H43N3O4. The number of aromatic nitrogens is 2. The monoisotopic (exact) mass is 581 g/mol. The Morgan fingerprint density at radius 2 is 1.72 bits per heavy atom. The van der Waals surface area contributed by atoms with Crippen LogP contribution >= 0.6 is 0 Å². The highest BCUT2D eigenvalue weighted by Gasteiger charge is 2.21. The van der Waals surface area contributed by atoms with Gasteiger partial charge in [0.05, 0.1) is 16.6 Å². The summed E-state index contributed by atoms with van der Waals surface area (Å²) < 4.78 is 13.6. The lowest BCUT2D eigenvalue weighted by Crippen LogP contribution is -2.24. The molecule has 0 atom stereocenters. The first-order valence-electron chi connectivity index (χ1n) is 15.6. The number of carbonyl (C=O) groups is 2. The van der Waals surface area contributed by atoms with Crippen molar-refractivity contribution in [2.75, 3.05) is 5.32 Å². The van der Waals surface area contributed by atoms with Gasteiger partial charge in [0.1, 0.15) is 17.5 Å². The maximum atomic E-state index is 12.9. The summed E-state index contributed by atoms with van der Waals surface area (Å²) in [5.74, 6) is 0.697. The van der Waals surface area contributed by atoms with Crippen LogP contribution < -0.4 is 5.32 Å². The first-order valence-corrected chi connectivity index (χ1v) is 15.6. The molecule has 0 saturated heterocycles. The molecule has 0 aliphatic heterocycles. The lowest BCUT2D eigenvalue weighted by molar-refractivity contribution is 0.00703. The van der Waals surface area contributed by atoms with E-state index in [2.05, 4.69) is 41.1 Å². The number of carbonyl (C=O) groups excluding carboxylic acids is 2. The molecule has 1 saturated carbocycles. The molecule has 0 radical (unpaired) electrons. The van der Waals surface area contributed by atoms with E-state index in [0.29, 0.717) is 17.8 Å². The standard InChI is InChI=1S/C36H43N3O4/c1-5-6-16-33-38-31-22-21-27(37-35(41)42-28-12-8-7-9-13-28)23-32(31)39(33)24-25-17-19-26(20-18-25)29-14-10-11-15-30(29)34(40)43-36(2,3)4/h10-11,14-15,17-23,28H,5-9,12-13,16,24H2,1-4H3,(H,37,41). The van der Waals surface area contributed by atoms with Gasteiger partial charge in [0.25, 0.3) is 0 Å². The van der Waals surface area contributed by atoms with Crippen molar-refractivity contribution in [2.24, 2.45) is 0 Å². The molecule has 0 bridgehead atoms. The number of hydrogen-bond acceptors (Lipinski definition) is 5. The molecule has 1 N–H and O–H groups in total. The van der Waals surface area contributed by atoms with Crippen LogP contribution in [0.3, 0.4) is 0 Å². The molecule has 0 unspecified atom stereocenters. The van der Waals surface area contributed by atoms with Gasteiger partial charge in [-0.1, -0.05) is 62.2 Å². The first-order chi connectivity index (χ1) is 20.7. The number of imidazole rings is 1. The van der Waals surface area contributed by atoms with Crippen molar-refractivity contribution in [1.29, 1.82) is 0 Å². The highest BCUT2D eigenvalue weighted by Crippen LogP contribution is 2.28. The third-order valence-corrected chi connectivity index (χ3v) is 7.81. The third kappa shape index (κ3) is 7.83. The summed E-state index contributed by atoms with van der Waals surface area (Å²) in [6.07, 6.45) is 7.91. The lowest BCUT2D eigenvalue weighted by atomic mass is 9.98. The van der Waals surface area contributed by atoms with E-state index in [1.807, 2.05) is 63.2 Å². The van der Waals surface area contributed by atoms with E-state index >= 15 is 0 Å². The molecule has 3 aromatic carbocycles. The molecular weight excluding hydrogens is 538 g/mol. The second kappa shape index (κ2) is 13.4. The van der Waals surface area contributed by atoms with E-state index in [0.717, 1.165) is 78.5 Å². The van der Waals surface area contributed by atoms with E-state index in [1.165, 1.54) is 6.42 Å². The molecule has 43 heavy (non-hydrogen) atoms. The van der Waals surface area contributed by atoms with Crippen LogP contribution in [0.5, 0.6) is 0 Å². The van der Waals surface area contributed by atoms with Crippen molar-refractivity contribution in [2.45, 2.75) is 97.3 Å². The molecule has 5 rings (SSSR count). The van der Waals surface area contributed by atoms with Gasteiger partial charge in [-0.15, -0.1) is 0 Å². The second-order valence-corrected chi connectivity index (χ2v) is 12.5. The predicted molar refractivity (Wildman–Crippen MR) is 171 cm³/mol. The van der Waals surface area contributed by atoms with Crippen molar-refractivity contribution in [3.05, 3.63) is 83.7 Å². The van der Waals surface area contributed by atoms with E-state index in [-0.39, 0.29) is 12.1 Å². The number of esters is 1. The molecule has 1 aromatic heterocycles. The average Bonchev–Trinajstić information content (AvgIpc) is 3.32. The van der Waals surface area contributed by atoms with Gasteiger partial charge in [-0.05, 0) is 93.8 Å². The number of ether oxygens (including phenoxy) is 2. The zero-order valence-electron chi connectivity index (χ0n) is 25.8. The summed E-state index contributed by atoms with van der Waals surface area (Å²) in [5.41, 5.74) is 5.47. The van der Waals surface area contributed by atoms with E-state index in [4.69, 9.17) is 14.5 Å². The largest absolute Gasteiger partial charge is 0.456 e. The summed E-state index contributed by atoms with van der Waals surface area (Å²) in [7, 11) is 0. The number of unbranched alkanes of at least 4 members (excludes halogenated alkanes) is 1. The number of aryl methyl sites for hydroxylation is 1. The predicted octanol–water partition coefficient (Wildman–Crippen LogP) is 8.93. The Morgan fingerprint density at radius 3 is 2.44 bits per heavy atom. The number of hydrogen-bond donors (Lipinski definition) is 1. The Morgan fingerprint density at radius 1 is 0.977 bits per heavy atom. The normalized spacial score (nSPS) is 14.0. The Labute approximate surface area is 254 Å². The van der Waals surface area contributed by atoms with Crippen LogP contribution in [-0.2, 0) is 22.4 Å². The topological polar surface area (TPSA) is 82.5 Å². The maximum Gasteiger partial charge on any atom is 0.411 e. The summed E-state index contributed by atoms with van der Waals surface area (Å²) in [6.45, 7) is 8.44. The SMILES string of the molecule is CCCCc1nc2ccc(NC(=O)OC3CCCCC3)cc2n1Cc1ccc(-c2ccccc2C(=O)OC(C)(C)C)cc1. The van der Waals surface area contributed by atoms with Gasteiger partial charge >= 0.3 is 12.1 Å². The van der Waals surface area contributed by atoms with Crippen molar-refractivity contribution in [1.82, 2.24) is 9.55 Å². The fraction of sp³-hybridized carbons (Fsp3) is 0.417. The van der Waals surface area contributed by atoms with Crippen molar-refractivity contribution in [3.63, 3.8) is 0 Å². The van der Waals surface area contributed by atoms with Gasteiger partial charge in [-0.25, -0.2) is 14.6 Å². The van der Waals surface area contributed by atoms with Gasteiger partial charge < -0.3 is 14.0 Å². The van der Waals surface area contributed by atoms with Crippen molar-refractivity contribution in [3.8, 4) is 11.1 Å². The summed E-state index contributed by atoms with van der Waals surface area (Å²) in [5, 5.41) is 2.94. The van der Waals surface area contributed by atoms with Crippen LogP contribution in [0.4, 0.5) is 10.5 Å². The van der Waals surface area contributed by atoms with Crippen LogP contribution in [0, 0.1) is 0 Å². The molecule has 226 valence electrons. The quantitative estimate of drug-likeness (QED) is 0.200. The van der Waals surface area contributed by atoms with Crippen molar-refractivity contribution >= 4 is 28.8 Å². The molecule has 4 aromatic rings. The Hall–Kier alpha value is -4.13. The van der Waals surface area contributed by atoms with Gasteiger partial charge in [0, 0.05) is 18.7 Å².